The minimum atomic E-state index is -0.208. The molecule has 1 heterocycles. The molecule has 0 aliphatic carbocycles. The lowest BCUT2D eigenvalue weighted by atomic mass is 10.1. The third-order valence-corrected chi connectivity index (χ3v) is 4.18. The molecule has 0 saturated heterocycles. The Hall–Kier alpha value is -2.34. The molecule has 0 spiro atoms. The van der Waals surface area contributed by atoms with E-state index in [4.69, 9.17) is 9.47 Å². The molecule has 23 heavy (non-hydrogen) atoms. The molecule has 2 rings (SSSR count). The first-order valence-corrected chi connectivity index (χ1v) is 7.98. The number of amides is 1. The average molecular weight is 332 g/mol. The number of carbonyl (C=O) groups is 1. The summed E-state index contributed by atoms with van der Waals surface area (Å²) in [6, 6.07) is 5.30. The van der Waals surface area contributed by atoms with Gasteiger partial charge in [-0.3, -0.25) is 4.79 Å². The molecule has 5 nitrogen and oxygen atoms in total. The van der Waals surface area contributed by atoms with E-state index in [1.807, 2.05) is 32.0 Å². The van der Waals surface area contributed by atoms with Gasteiger partial charge in [0.2, 0.25) is 5.91 Å². The van der Waals surface area contributed by atoms with Crippen molar-refractivity contribution < 1.29 is 14.3 Å². The van der Waals surface area contributed by atoms with Crippen LogP contribution in [0, 0.1) is 6.92 Å². The number of benzene rings is 1. The van der Waals surface area contributed by atoms with Crippen LogP contribution >= 0.6 is 11.3 Å². The summed E-state index contributed by atoms with van der Waals surface area (Å²) >= 11 is 1.54. The minimum Gasteiger partial charge on any atom is -0.497 e. The fraction of sp³-hybridized carbons (Fsp3) is 0.294. The van der Waals surface area contributed by atoms with Gasteiger partial charge in [0.25, 0.3) is 0 Å². The third kappa shape index (κ3) is 4.56. The zero-order chi connectivity index (χ0) is 16.8. The lowest BCUT2D eigenvalue weighted by molar-refractivity contribution is -0.117. The van der Waals surface area contributed by atoms with Crippen LogP contribution in [-0.2, 0) is 4.79 Å². The fourth-order valence-electron chi connectivity index (χ4n) is 2.13. The van der Waals surface area contributed by atoms with Crippen LogP contribution in [0.25, 0.3) is 6.08 Å². The van der Waals surface area contributed by atoms with E-state index in [0.29, 0.717) is 5.75 Å². The van der Waals surface area contributed by atoms with E-state index >= 15 is 0 Å². The van der Waals surface area contributed by atoms with Crippen molar-refractivity contribution in [2.24, 2.45) is 0 Å². The monoisotopic (exact) mass is 332 g/mol. The van der Waals surface area contributed by atoms with Crippen LogP contribution < -0.4 is 14.8 Å². The largest absolute Gasteiger partial charge is 0.497 e. The summed E-state index contributed by atoms with van der Waals surface area (Å²) in [6.07, 6.45) is 5.02. The summed E-state index contributed by atoms with van der Waals surface area (Å²) in [6.45, 7) is 3.83. The lowest BCUT2D eigenvalue weighted by Crippen LogP contribution is -2.25. The number of rotatable bonds is 6. The quantitative estimate of drug-likeness (QED) is 0.824. The Labute approximate surface area is 140 Å². The number of hydrogen-bond donors (Lipinski definition) is 1. The van der Waals surface area contributed by atoms with Crippen molar-refractivity contribution in [1.82, 2.24) is 10.3 Å². The topological polar surface area (TPSA) is 60.5 Å². The Morgan fingerprint density at radius 1 is 1.35 bits per heavy atom. The van der Waals surface area contributed by atoms with Crippen LogP contribution in [0.3, 0.4) is 0 Å². The van der Waals surface area contributed by atoms with Crippen molar-refractivity contribution in [3.8, 4) is 11.5 Å². The highest BCUT2D eigenvalue weighted by molar-refractivity contribution is 7.12. The first kappa shape index (κ1) is 17.0. The number of thiazole rings is 1. The predicted molar refractivity (Wildman–Crippen MR) is 92.0 cm³/mol. The molecule has 122 valence electrons. The predicted octanol–water partition coefficient (Wildman–Crippen LogP) is 3.36. The van der Waals surface area contributed by atoms with E-state index in [0.717, 1.165) is 21.2 Å². The molecule has 0 fully saturated rings. The lowest BCUT2D eigenvalue weighted by Gasteiger charge is -2.17. The number of hydrogen-bond acceptors (Lipinski definition) is 5. The number of nitrogens with zero attached hydrogens (tertiary/aromatic N) is 1. The van der Waals surface area contributed by atoms with Crippen molar-refractivity contribution in [3.63, 3.8) is 0 Å². The van der Waals surface area contributed by atoms with Crippen LogP contribution in [-0.4, -0.2) is 25.1 Å². The van der Waals surface area contributed by atoms with Crippen molar-refractivity contribution in [2.45, 2.75) is 19.9 Å². The Balaban J connectivity index is 2.07. The fourth-order valence-corrected chi connectivity index (χ4v) is 2.82. The maximum absolute atomic E-state index is 12.1. The number of nitrogens with one attached hydrogen (secondary N) is 1. The first-order chi connectivity index (χ1) is 11.0. The Morgan fingerprint density at radius 3 is 2.74 bits per heavy atom. The van der Waals surface area contributed by atoms with Gasteiger partial charge in [0.15, 0.2) is 0 Å². The van der Waals surface area contributed by atoms with Gasteiger partial charge >= 0.3 is 0 Å². The Kier molecular flexibility index (Phi) is 5.76. The Morgan fingerprint density at radius 2 is 2.13 bits per heavy atom. The molecule has 2 aromatic rings. The van der Waals surface area contributed by atoms with E-state index in [1.165, 1.54) is 6.08 Å². The molecular weight excluding hydrogens is 312 g/mol. The smallest absolute Gasteiger partial charge is 0.244 e. The van der Waals surface area contributed by atoms with E-state index < -0.39 is 0 Å². The second-order valence-electron chi connectivity index (χ2n) is 4.95. The molecule has 1 N–H and O–H groups in total. The SMILES string of the molecule is COc1ccc(OC)c([C@@H](C)NC(=O)/C=C/c2cnc(C)s2)c1. The van der Waals surface area contributed by atoms with Crippen molar-refractivity contribution in [1.29, 1.82) is 0 Å². The van der Waals surface area contributed by atoms with Crippen molar-refractivity contribution in [2.75, 3.05) is 14.2 Å². The Bertz CT molecular complexity index is 710. The standard InChI is InChI=1S/C17H20N2O3S/c1-11(15-9-13(21-3)5-7-16(15)22-4)19-17(20)8-6-14-10-18-12(2)23-14/h5-11H,1-4H3,(H,19,20)/b8-6+/t11-/m1/s1. The highest BCUT2D eigenvalue weighted by Gasteiger charge is 2.14. The van der Waals surface area contributed by atoms with Gasteiger partial charge in [0.05, 0.1) is 25.3 Å². The zero-order valence-corrected chi connectivity index (χ0v) is 14.4. The molecule has 0 aliphatic rings. The number of aryl methyl sites for hydroxylation is 1. The van der Waals surface area contributed by atoms with Gasteiger partial charge in [-0.2, -0.15) is 0 Å². The second kappa shape index (κ2) is 7.78. The molecular formula is C17H20N2O3S. The summed E-state index contributed by atoms with van der Waals surface area (Å²) in [4.78, 5) is 17.2. The van der Waals surface area contributed by atoms with Gasteiger partial charge in [0, 0.05) is 22.7 Å². The maximum Gasteiger partial charge on any atom is 0.244 e. The summed E-state index contributed by atoms with van der Waals surface area (Å²) in [5.74, 6) is 1.26. The van der Waals surface area contributed by atoms with Crippen LogP contribution in [0.5, 0.6) is 11.5 Å². The second-order valence-corrected chi connectivity index (χ2v) is 6.22. The number of methoxy groups -OCH3 is 2. The summed E-state index contributed by atoms with van der Waals surface area (Å²) in [7, 11) is 3.21. The highest BCUT2D eigenvalue weighted by Crippen LogP contribution is 2.29. The minimum absolute atomic E-state index is 0.173. The molecule has 0 saturated carbocycles. The molecule has 0 bridgehead atoms. The molecule has 1 atom stereocenters. The average Bonchev–Trinajstić information content (AvgIpc) is 2.97. The summed E-state index contributed by atoms with van der Waals surface area (Å²) in [5, 5.41) is 3.89. The van der Waals surface area contributed by atoms with Gasteiger partial charge in [-0.25, -0.2) is 4.98 Å². The first-order valence-electron chi connectivity index (χ1n) is 7.16. The van der Waals surface area contributed by atoms with Crippen LogP contribution in [0.2, 0.25) is 0 Å². The number of ether oxygens (including phenoxy) is 2. The molecule has 0 unspecified atom stereocenters. The van der Waals surface area contributed by atoms with Crippen LogP contribution in [0.15, 0.2) is 30.5 Å². The van der Waals surface area contributed by atoms with Gasteiger partial charge < -0.3 is 14.8 Å². The molecule has 1 amide bonds. The summed E-state index contributed by atoms with van der Waals surface area (Å²) in [5.41, 5.74) is 0.863. The van der Waals surface area contributed by atoms with Gasteiger partial charge in [0.1, 0.15) is 11.5 Å². The van der Waals surface area contributed by atoms with E-state index in [-0.39, 0.29) is 11.9 Å². The van der Waals surface area contributed by atoms with Gasteiger partial charge in [-0.1, -0.05) is 0 Å². The van der Waals surface area contributed by atoms with Crippen molar-refractivity contribution >= 4 is 23.3 Å². The third-order valence-electron chi connectivity index (χ3n) is 3.30. The van der Waals surface area contributed by atoms with Crippen molar-refractivity contribution in [3.05, 3.63) is 45.9 Å². The molecule has 0 aliphatic heterocycles. The van der Waals surface area contributed by atoms with Crippen LogP contribution in [0.4, 0.5) is 0 Å². The molecule has 0 radical (unpaired) electrons. The van der Waals surface area contributed by atoms with E-state index in [1.54, 1.807) is 37.8 Å². The molecule has 6 heteroatoms. The number of aromatic nitrogens is 1. The zero-order valence-electron chi connectivity index (χ0n) is 13.6. The van der Waals surface area contributed by atoms with Gasteiger partial charge in [-0.15, -0.1) is 11.3 Å². The highest BCUT2D eigenvalue weighted by atomic mass is 32.1. The maximum atomic E-state index is 12.1. The van der Waals surface area contributed by atoms with Crippen LogP contribution in [0.1, 0.15) is 28.4 Å². The summed E-state index contributed by atoms with van der Waals surface area (Å²) < 4.78 is 10.6. The van der Waals surface area contributed by atoms with Gasteiger partial charge in [-0.05, 0) is 38.1 Å². The number of carbonyl (C=O) groups excluding carboxylic acids is 1. The van der Waals surface area contributed by atoms with E-state index in [9.17, 15) is 4.79 Å². The van der Waals surface area contributed by atoms with E-state index in [2.05, 4.69) is 10.3 Å². The normalized spacial score (nSPS) is 12.2. The molecule has 1 aromatic carbocycles. The molecule has 1 aromatic heterocycles.